The quantitative estimate of drug-likeness (QED) is 0.389. The summed E-state index contributed by atoms with van der Waals surface area (Å²) >= 11 is 0. The van der Waals surface area contributed by atoms with Gasteiger partial charge in [-0.1, -0.05) is 24.3 Å². The molecule has 6 rings (SSSR count). The highest BCUT2D eigenvalue weighted by atomic mass is 16.5. The van der Waals surface area contributed by atoms with Gasteiger partial charge in [-0.05, 0) is 42.8 Å². The number of hydrogen-bond acceptors (Lipinski definition) is 5. The summed E-state index contributed by atoms with van der Waals surface area (Å²) in [5.74, 6) is 0.507. The normalized spacial score (nSPS) is 11.5. The van der Waals surface area contributed by atoms with Crippen molar-refractivity contribution in [1.29, 1.82) is 0 Å². The van der Waals surface area contributed by atoms with Gasteiger partial charge in [0.1, 0.15) is 0 Å². The fraction of sp³-hybridized carbons (Fsp3) is 0.111. The number of hydrogen-bond donors (Lipinski definition) is 0. The molecule has 0 amide bonds. The van der Waals surface area contributed by atoms with Gasteiger partial charge in [-0.2, -0.15) is 0 Å². The molecule has 4 heterocycles. The van der Waals surface area contributed by atoms with E-state index in [0.29, 0.717) is 17.3 Å². The second kappa shape index (κ2) is 7.52. The summed E-state index contributed by atoms with van der Waals surface area (Å²) in [6, 6.07) is 19.9. The van der Waals surface area contributed by atoms with Crippen LogP contribution in [0.2, 0.25) is 0 Å². The molecule has 0 bridgehead atoms. The van der Waals surface area contributed by atoms with Crippen molar-refractivity contribution < 1.29 is 4.74 Å². The zero-order valence-electron chi connectivity index (χ0n) is 19.0. The standard InChI is InChI=1S/C27H21N5O2/c1-16-23(10-11-25(30-16)34-3)32-26-20-13-17(19-12-18-6-4-5-7-21(18)28-14-19)8-9-22(20)29-15-24(26)31(2)27(32)33/h4-15H,1-3H3. The van der Waals surface area contributed by atoms with E-state index in [9.17, 15) is 4.79 Å². The van der Waals surface area contributed by atoms with Gasteiger partial charge in [0.15, 0.2) is 0 Å². The van der Waals surface area contributed by atoms with Gasteiger partial charge >= 0.3 is 5.69 Å². The van der Waals surface area contributed by atoms with Crippen molar-refractivity contribution in [1.82, 2.24) is 24.1 Å². The Bertz CT molecular complexity index is 1800. The van der Waals surface area contributed by atoms with Crippen molar-refractivity contribution in [2.75, 3.05) is 7.11 Å². The predicted octanol–water partition coefficient (Wildman–Crippen LogP) is 4.80. The number of ether oxygens (including phenoxy) is 1. The van der Waals surface area contributed by atoms with Crippen LogP contribution in [-0.4, -0.2) is 31.2 Å². The number of fused-ring (bicyclic) bond motifs is 4. The van der Waals surface area contributed by atoms with Crippen molar-refractivity contribution in [3.8, 4) is 22.7 Å². The number of para-hydroxylation sites is 1. The summed E-state index contributed by atoms with van der Waals surface area (Å²) in [7, 11) is 3.34. The Morgan fingerprint density at radius 1 is 0.882 bits per heavy atom. The van der Waals surface area contributed by atoms with E-state index >= 15 is 0 Å². The minimum atomic E-state index is -0.155. The molecule has 4 aromatic heterocycles. The molecule has 0 saturated heterocycles. The fourth-order valence-corrected chi connectivity index (χ4v) is 4.51. The third-order valence-electron chi connectivity index (χ3n) is 6.29. The number of pyridine rings is 3. The maximum absolute atomic E-state index is 13.4. The van der Waals surface area contributed by atoms with Gasteiger partial charge < -0.3 is 4.74 Å². The molecule has 0 aliphatic heterocycles. The summed E-state index contributed by atoms with van der Waals surface area (Å²) < 4.78 is 8.59. The Morgan fingerprint density at radius 3 is 2.53 bits per heavy atom. The number of nitrogens with zero attached hydrogens (tertiary/aromatic N) is 5. The van der Waals surface area contributed by atoms with Crippen LogP contribution >= 0.6 is 0 Å². The fourth-order valence-electron chi connectivity index (χ4n) is 4.51. The summed E-state index contributed by atoms with van der Waals surface area (Å²) in [5.41, 5.74) is 6.58. The van der Waals surface area contributed by atoms with Gasteiger partial charge in [0, 0.05) is 35.6 Å². The molecule has 0 unspecified atom stereocenters. The molecule has 34 heavy (non-hydrogen) atoms. The third-order valence-corrected chi connectivity index (χ3v) is 6.29. The molecular formula is C27H21N5O2. The van der Waals surface area contributed by atoms with Gasteiger partial charge in [-0.25, -0.2) is 9.78 Å². The lowest BCUT2D eigenvalue weighted by atomic mass is 10.0. The van der Waals surface area contributed by atoms with Crippen LogP contribution in [0, 0.1) is 6.92 Å². The van der Waals surface area contributed by atoms with Crippen LogP contribution < -0.4 is 10.4 Å². The van der Waals surface area contributed by atoms with E-state index in [-0.39, 0.29) is 5.69 Å². The molecule has 0 aliphatic carbocycles. The van der Waals surface area contributed by atoms with Crippen LogP contribution in [0.15, 0.2) is 77.9 Å². The Balaban J connectivity index is 1.65. The SMILES string of the molecule is COc1ccc(-n2c(=O)n(C)c3cnc4ccc(-c5cnc6ccccc6c5)cc4c32)c(C)n1. The van der Waals surface area contributed by atoms with E-state index in [1.165, 1.54) is 0 Å². The van der Waals surface area contributed by atoms with Crippen molar-refractivity contribution in [2.24, 2.45) is 7.05 Å². The molecule has 166 valence electrons. The van der Waals surface area contributed by atoms with Gasteiger partial charge in [0.25, 0.3) is 0 Å². The van der Waals surface area contributed by atoms with Gasteiger partial charge in [-0.3, -0.25) is 19.1 Å². The van der Waals surface area contributed by atoms with Gasteiger partial charge in [0.2, 0.25) is 5.88 Å². The summed E-state index contributed by atoms with van der Waals surface area (Å²) in [6.07, 6.45) is 3.63. The number of rotatable bonds is 3. The molecule has 0 radical (unpaired) electrons. The Hall–Kier alpha value is -4.52. The first-order valence-corrected chi connectivity index (χ1v) is 10.9. The number of aryl methyl sites for hydroxylation is 2. The van der Waals surface area contributed by atoms with Crippen molar-refractivity contribution in [3.63, 3.8) is 0 Å². The van der Waals surface area contributed by atoms with Crippen LogP contribution in [0.1, 0.15) is 5.69 Å². The molecule has 0 atom stereocenters. The number of benzene rings is 2. The van der Waals surface area contributed by atoms with Crippen LogP contribution in [0.3, 0.4) is 0 Å². The molecule has 2 aromatic carbocycles. The highest BCUT2D eigenvalue weighted by molar-refractivity contribution is 6.05. The smallest absolute Gasteiger partial charge is 0.333 e. The summed E-state index contributed by atoms with van der Waals surface area (Å²) in [5, 5.41) is 1.96. The largest absolute Gasteiger partial charge is 0.481 e. The monoisotopic (exact) mass is 447 g/mol. The van der Waals surface area contributed by atoms with Crippen LogP contribution in [0.5, 0.6) is 5.88 Å². The lowest BCUT2D eigenvalue weighted by Gasteiger charge is -2.11. The lowest BCUT2D eigenvalue weighted by Crippen LogP contribution is -2.21. The summed E-state index contributed by atoms with van der Waals surface area (Å²) in [6.45, 7) is 1.87. The van der Waals surface area contributed by atoms with E-state index in [1.54, 1.807) is 35.6 Å². The van der Waals surface area contributed by atoms with Crippen molar-refractivity contribution in [3.05, 3.63) is 89.2 Å². The van der Waals surface area contributed by atoms with E-state index < -0.39 is 0 Å². The van der Waals surface area contributed by atoms with Crippen LogP contribution in [0.4, 0.5) is 0 Å². The minimum absolute atomic E-state index is 0.155. The van der Waals surface area contributed by atoms with Gasteiger partial charge in [-0.15, -0.1) is 0 Å². The number of methoxy groups -OCH3 is 1. The first-order valence-electron chi connectivity index (χ1n) is 10.9. The first-order chi connectivity index (χ1) is 16.5. The molecule has 0 saturated carbocycles. The van der Waals surface area contributed by atoms with E-state index in [1.807, 2.05) is 49.5 Å². The van der Waals surface area contributed by atoms with E-state index in [4.69, 9.17) is 4.74 Å². The van der Waals surface area contributed by atoms with Crippen molar-refractivity contribution >= 4 is 32.8 Å². The first kappa shape index (κ1) is 20.1. The van der Waals surface area contributed by atoms with Crippen molar-refractivity contribution in [2.45, 2.75) is 6.92 Å². The minimum Gasteiger partial charge on any atom is -0.481 e. The topological polar surface area (TPSA) is 74.8 Å². The predicted molar refractivity (Wildman–Crippen MR) is 134 cm³/mol. The molecule has 0 fully saturated rings. The summed E-state index contributed by atoms with van der Waals surface area (Å²) in [4.78, 5) is 27.1. The highest BCUT2D eigenvalue weighted by Gasteiger charge is 2.18. The average molecular weight is 447 g/mol. The molecule has 6 aromatic rings. The second-order valence-electron chi connectivity index (χ2n) is 8.28. The van der Waals surface area contributed by atoms with Crippen LogP contribution in [-0.2, 0) is 7.05 Å². The zero-order chi connectivity index (χ0) is 23.4. The van der Waals surface area contributed by atoms with E-state index in [2.05, 4.69) is 33.2 Å². The molecule has 0 N–H and O–H groups in total. The average Bonchev–Trinajstić information content (AvgIpc) is 3.13. The Kier molecular flexibility index (Phi) is 4.45. The zero-order valence-corrected chi connectivity index (χ0v) is 19.0. The van der Waals surface area contributed by atoms with E-state index in [0.717, 1.165) is 44.0 Å². The second-order valence-corrected chi connectivity index (χ2v) is 8.28. The Labute approximate surface area is 194 Å². The number of aromatic nitrogens is 5. The van der Waals surface area contributed by atoms with Gasteiger partial charge in [0.05, 0.1) is 46.8 Å². The molecular weight excluding hydrogens is 426 g/mol. The lowest BCUT2D eigenvalue weighted by molar-refractivity contribution is 0.397. The maximum Gasteiger partial charge on any atom is 0.333 e. The highest BCUT2D eigenvalue weighted by Crippen LogP contribution is 2.31. The Morgan fingerprint density at radius 2 is 1.71 bits per heavy atom. The molecule has 0 spiro atoms. The molecule has 7 heteroatoms. The molecule has 7 nitrogen and oxygen atoms in total. The maximum atomic E-state index is 13.4. The third kappa shape index (κ3) is 2.97. The molecule has 0 aliphatic rings. The number of imidazole rings is 1. The van der Waals surface area contributed by atoms with Crippen LogP contribution in [0.25, 0.3) is 49.7 Å².